The zero-order chi connectivity index (χ0) is 24.1. The van der Waals surface area contributed by atoms with E-state index in [2.05, 4.69) is 27.0 Å². The molecule has 6 rings (SSSR count). The van der Waals surface area contributed by atoms with Gasteiger partial charge in [0.25, 0.3) is 5.89 Å². The normalized spacial score (nSPS) is 16.6. The van der Waals surface area contributed by atoms with Crippen molar-refractivity contribution >= 4 is 38.2 Å². The lowest BCUT2D eigenvalue weighted by Gasteiger charge is -2.33. The number of benzene rings is 1. The lowest BCUT2D eigenvalue weighted by atomic mass is 10.0. The molecule has 4 aromatic rings. The summed E-state index contributed by atoms with van der Waals surface area (Å²) in [6.45, 7) is 8.40. The van der Waals surface area contributed by atoms with Crippen molar-refractivity contribution in [3.05, 3.63) is 51.5 Å². The second-order valence-corrected chi connectivity index (χ2v) is 10.5. The van der Waals surface area contributed by atoms with E-state index in [1.807, 2.05) is 47.2 Å². The van der Waals surface area contributed by atoms with E-state index < -0.39 is 21.3 Å². The van der Waals surface area contributed by atoms with E-state index in [1.165, 1.54) is 0 Å². The number of nitrogens with one attached hydrogen (secondary N) is 1. The van der Waals surface area contributed by atoms with E-state index >= 15 is 0 Å². The first kappa shape index (κ1) is 22.3. The number of hydrogen-bond acceptors (Lipinski definition) is 8. The molecule has 35 heavy (non-hydrogen) atoms. The molecule has 3 aromatic heterocycles. The molecule has 0 spiro atoms. The fraction of sp³-hybridized carbons (Fsp3) is 0.435. The minimum absolute atomic E-state index is 0.0433. The number of hydrogen-bond donors (Lipinski definition) is 1. The lowest BCUT2D eigenvalue weighted by Crippen LogP contribution is -2.41. The number of rotatable bonds is 5. The summed E-state index contributed by atoms with van der Waals surface area (Å²) >= 11 is -0.720. The minimum atomic E-state index is -0.720. The van der Waals surface area contributed by atoms with Crippen LogP contribution in [-0.2, 0) is 6.54 Å². The van der Waals surface area contributed by atoms with Gasteiger partial charge in [-0.2, -0.15) is 6.35 Å². The molecule has 0 amide bonds. The number of H-pyrrole nitrogens is 1. The van der Waals surface area contributed by atoms with Gasteiger partial charge in [0.05, 0.1) is 11.0 Å². The van der Waals surface area contributed by atoms with Crippen LogP contribution in [0.4, 0.5) is 0 Å². The van der Waals surface area contributed by atoms with Crippen molar-refractivity contribution in [2.45, 2.75) is 52.1 Å². The van der Waals surface area contributed by atoms with Gasteiger partial charge in [-0.1, -0.05) is 26.0 Å². The Hall–Kier alpha value is -3.16. The summed E-state index contributed by atoms with van der Waals surface area (Å²) in [7, 11) is 0. The number of nitrogens with zero attached hydrogens (tertiary/aromatic N) is 8. The first-order valence-corrected chi connectivity index (χ1v) is 13.8. The largest absolute Gasteiger partial charge is 0.418 e. The molecule has 2 aliphatic heterocycles. The van der Waals surface area contributed by atoms with E-state index in [0.29, 0.717) is 24.2 Å². The summed E-state index contributed by atoms with van der Waals surface area (Å²) in [5.41, 5.74) is 2.65. The van der Waals surface area contributed by atoms with Gasteiger partial charge in [-0.05, 0) is 31.9 Å². The van der Waals surface area contributed by atoms with Gasteiger partial charge in [0.2, 0.25) is 11.7 Å². The Balaban J connectivity index is 1.34. The highest BCUT2D eigenvalue weighted by atomic mass is 127. The summed E-state index contributed by atoms with van der Waals surface area (Å²) in [4.78, 5) is 22.8. The average molecular weight is 587 g/mol. The van der Waals surface area contributed by atoms with Gasteiger partial charge >= 0.3 is 5.69 Å². The van der Waals surface area contributed by atoms with Gasteiger partial charge in [0.1, 0.15) is 21.3 Å². The van der Waals surface area contributed by atoms with Gasteiger partial charge in [-0.3, -0.25) is 4.57 Å². The van der Waals surface area contributed by atoms with Crippen molar-refractivity contribution in [2.75, 3.05) is 13.1 Å². The fourth-order valence-corrected chi connectivity index (χ4v) is 6.35. The highest BCUT2D eigenvalue weighted by molar-refractivity contribution is 14.1. The van der Waals surface area contributed by atoms with Crippen LogP contribution in [-0.4, -0.2) is 47.3 Å². The van der Waals surface area contributed by atoms with Gasteiger partial charge < -0.3 is 18.9 Å². The molecule has 0 aliphatic carbocycles. The monoisotopic (exact) mass is 587 g/mol. The summed E-state index contributed by atoms with van der Waals surface area (Å²) in [5, 5.41) is 9.20. The van der Waals surface area contributed by atoms with E-state index in [1.54, 1.807) is 0 Å². The number of fused-ring (bicyclic) bond motifs is 2. The molecule has 1 saturated heterocycles. The number of aromatic nitrogens is 6. The summed E-state index contributed by atoms with van der Waals surface area (Å²) in [6.07, 6.45) is 1.71. The average Bonchev–Trinajstić information content (AvgIpc) is 3.58. The van der Waals surface area contributed by atoms with Crippen molar-refractivity contribution in [1.82, 2.24) is 34.2 Å². The van der Waals surface area contributed by atoms with Crippen molar-refractivity contribution in [3.63, 3.8) is 0 Å². The Morgan fingerprint density at radius 1 is 1.20 bits per heavy atom. The molecule has 11 nitrogen and oxygen atoms in total. The quantitative estimate of drug-likeness (QED) is 0.359. The zero-order valence-corrected chi connectivity index (χ0v) is 21.9. The summed E-state index contributed by atoms with van der Waals surface area (Å²) < 4.78 is 19.4. The highest BCUT2D eigenvalue weighted by Crippen LogP contribution is 2.28. The highest BCUT2D eigenvalue weighted by Gasteiger charge is 2.27. The third-order valence-corrected chi connectivity index (χ3v) is 7.93. The second-order valence-electron chi connectivity index (χ2n) is 9.06. The molecule has 0 saturated carbocycles. The maximum absolute atomic E-state index is 12.7. The third kappa shape index (κ3) is 3.74. The molecule has 2 aliphatic rings. The van der Waals surface area contributed by atoms with Crippen LogP contribution >= 0.6 is 21.3 Å². The smallest absolute Gasteiger partial charge is 0.326 e. The number of imidazole rings is 2. The Kier molecular flexibility index (Phi) is 5.61. The number of aromatic amines is 1. The van der Waals surface area contributed by atoms with E-state index in [0.717, 1.165) is 53.6 Å². The molecule has 0 radical (unpaired) electrons. The molecule has 5 heterocycles. The van der Waals surface area contributed by atoms with Crippen LogP contribution in [0.2, 0.25) is 0 Å². The van der Waals surface area contributed by atoms with Crippen LogP contribution in [0.1, 0.15) is 51.5 Å². The van der Waals surface area contributed by atoms with Gasteiger partial charge in [-0.15, -0.1) is 10.2 Å². The molecular weight excluding hydrogens is 561 g/mol. The van der Waals surface area contributed by atoms with Crippen LogP contribution in [0.5, 0.6) is 0 Å². The zero-order valence-electron chi connectivity index (χ0n) is 19.8. The summed E-state index contributed by atoms with van der Waals surface area (Å²) in [6, 6.07) is 8.02. The van der Waals surface area contributed by atoms with Crippen molar-refractivity contribution in [1.29, 1.82) is 0 Å². The van der Waals surface area contributed by atoms with Crippen molar-refractivity contribution < 1.29 is 4.42 Å². The maximum atomic E-state index is 12.7. The molecule has 1 N–H and O–H groups in total. The van der Waals surface area contributed by atoms with E-state index in [4.69, 9.17) is 15.8 Å². The first-order valence-electron chi connectivity index (χ1n) is 11.9. The van der Waals surface area contributed by atoms with Crippen LogP contribution in [0, 0.1) is 0 Å². The molecule has 1 fully saturated rings. The topological polar surface area (TPSA) is 122 Å². The van der Waals surface area contributed by atoms with Crippen LogP contribution in [0.3, 0.4) is 0 Å². The predicted octanol–water partition coefficient (Wildman–Crippen LogP) is 2.82. The molecule has 182 valence electrons. The van der Waals surface area contributed by atoms with Crippen molar-refractivity contribution in [3.8, 4) is 11.7 Å². The first-order chi connectivity index (χ1) is 17.0. The SMILES string of the molecule is CCn1c(-c2nnc(C(C)C)o2)nc2c1=NI=NC=2N1CCC(n2c(=O)[nH]c3ccccc32)CC1. The van der Waals surface area contributed by atoms with Crippen molar-refractivity contribution in [2.24, 2.45) is 6.35 Å². The number of piperidine rings is 1. The van der Waals surface area contributed by atoms with Crippen LogP contribution in [0.15, 0.2) is 39.8 Å². The molecule has 0 unspecified atom stereocenters. The summed E-state index contributed by atoms with van der Waals surface area (Å²) in [5.74, 6) is 2.69. The Labute approximate surface area is 211 Å². The van der Waals surface area contributed by atoms with Gasteiger partial charge in [0, 0.05) is 31.6 Å². The number of para-hydroxylation sites is 2. The number of halogens is 1. The molecule has 0 bridgehead atoms. The maximum Gasteiger partial charge on any atom is 0.326 e. The molecular formula is C23H26IN9O2. The number of likely N-dealkylation sites (tertiary alicyclic amines) is 1. The van der Waals surface area contributed by atoms with Gasteiger partial charge in [-0.25, -0.2) is 9.78 Å². The second kappa shape index (κ2) is 8.81. The molecule has 0 atom stereocenters. The van der Waals surface area contributed by atoms with E-state index in [9.17, 15) is 4.79 Å². The molecule has 12 heteroatoms. The Morgan fingerprint density at radius 2 is 2.00 bits per heavy atom. The van der Waals surface area contributed by atoms with Crippen LogP contribution in [0.25, 0.3) is 28.6 Å². The fourth-order valence-electron chi connectivity index (χ4n) is 4.81. The molecule has 1 aromatic carbocycles. The van der Waals surface area contributed by atoms with Crippen LogP contribution < -0.4 is 16.5 Å². The minimum Gasteiger partial charge on any atom is -0.418 e. The lowest BCUT2D eigenvalue weighted by molar-refractivity contribution is 0.252. The predicted molar refractivity (Wildman–Crippen MR) is 138 cm³/mol. The van der Waals surface area contributed by atoms with Gasteiger partial charge in [0.15, 0.2) is 16.7 Å². The standard InChI is InChI=1S/C23H26IN9O2/c1-4-32-19-17(26-20(32)22-30-29-21(35-22)13(2)3)18(27-24-28-19)31-11-9-14(10-12-31)33-16-8-6-5-7-15(16)25-23(33)34/h5-8,13-14H,4,9-12H2,1-3H3,(H,25,34). The van der Waals surface area contributed by atoms with E-state index in [-0.39, 0.29) is 17.6 Å². The Morgan fingerprint density at radius 3 is 2.74 bits per heavy atom. The Bertz CT molecular complexity index is 1620. The third-order valence-electron chi connectivity index (χ3n) is 6.58.